The number of methoxy groups -OCH3 is 2. The summed E-state index contributed by atoms with van der Waals surface area (Å²) in [6, 6.07) is 5.83. The zero-order chi connectivity index (χ0) is 22.1. The van der Waals surface area contributed by atoms with Gasteiger partial charge in [0.15, 0.2) is 23.3 Å². The van der Waals surface area contributed by atoms with E-state index in [4.69, 9.17) is 19.2 Å². The molecule has 32 heavy (non-hydrogen) atoms. The summed E-state index contributed by atoms with van der Waals surface area (Å²) in [5, 5.41) is 15.1. The average molecular weight is 559 g/mol. The lowest BCUT2D eigenvalue weighted by molar-refractivity contribution is 0.0389. The van der Waals surface area contributed by atoms with Crippen molar-refractivity contribution in [2.24, 2.45) is 12.0 Å². The summed E-state index contributed by atoms with van der Waals surface area (Å²) in [6.07, 6.45) is 0. The lowest BCUT2D eigenvalue weighted by Gasteiger charge is -2.26. The van der Waals surface area contributed by atoms with Gasteiger partial charge >= 0.3 is 0 Å². The molecular weight excluding hydrogens is 525 g/mol. The maximum atomic E-state index is 5.42. The van der Waals surface area contributed by atoms with Crippen molar-refractivity contribution in [1.82, 2.24) is 30.3 Å². The molecule has 1 aliphatic rings. The van der Waals surface area contributed by atoms with Crippen LogP contribution in [0.5, 0.6) is 11.5 Å². The van der Waals surface area contributed by atoms with Crippen LogP contribution < -0.4 is 20.1 Å². The number of benzene rings is 1. The molecule has 2 N–H and O–H groups in total. The van der Waals surface area contributed by atoms with Crippen LogP contribution in [0.4, 0.5) is 0 Å². The quantitative estimate of drug-likeness (QED) is 0.270. The highest BCUT2D eigenvalue weighted by Crippen LogP contribution is 2.27. The third kappa shape index (κ3) is 7.48. The van der Waals surface area contributed by atoms with Gasteiger partial charge in [0.1, 0.15) is 5.82 Å². The molecule has 1 aromatic heterocycles. The van der Waals surface area contributed by atoms with Crippen molar-refractivity contribution in [3.8, 4) is 11.5 Å². The Kier molecular flexibility index (Phi) is 11.0. The van der Waals surface area contributed by atoms with E-state index >= 15 is 0 Å². The van der Waals surface area contributed by atoms with Crippen LogP contribution in [0.25, 0.3) is 0 Å². The first-order valence-electron chi connectivity index (χ1n) is 10.5. The molecule has 0 spiro atoms. The molecule has 1 saturated heterocycles. The molecule has 1 aliphatic heterocycles. The van der Waals surface area contributed by atoms with Crippen molar-refractivity contribution in [1.29, 1.82) is 0 Å². The fourth-order valence-electron chi connectivity index (χ4n) is 3.25. The number of morpholine rings is 1. The minimum atomic E-state index is 0. The number of halogens is 1. The van der Waals surface area contributed by atoms with Crippen LogP contribution in [0.15, 0.2) is 23.2 Å². The Balaban J connectivity index is 0.00000363. The molecule has 0 aliphatic carbocycles. The van der Waals surface area contributed by atoms with Crippen molar-refractivity contribution in [2.45, 2.75) is 20.0 Å². The van der Waals surface area contributed by atoms with E-state index in [1.54, 1.807) is 14.2 Å². The summed E-state index contributed by atoms with van der Waals surface area (Å²) in [7, 11) is 5.22. The Labute approximate surface area is 206 Å². The number of ether oxygens (including phenoxy) is 3. The first kappa shape index (κ1) is 26.1. The second-order valence-corrected chi connectivity index (χ2v) is 7.31. The molecule has 178 valence electrons. The van der Waals surface area contributed by atoms with Crippen LogP contribution in [0, 0.1) is 6.92 Å². The smallest absolute Gasteiger partial charge is 0.192 e. The van der Waals surface area contributed by atoms with Crippen molar-refractivity contribution < 1.29 is 14.2 Å². The van der Waals surface area contributed by atoms with Crippen molar-refractivity contribution >= 4 is 29.9 Å². The van der Waals surface area contributed by atoms with E-state index in [0.29, 0.717) is 24.6 Å². The normalized spacial score (nSPS) is 14.6. The van der Waals surface area contributed by atoms with E-state index in [9.17, 15) is 0 Å². The van der Waals surface area contributed by atoms with Crippen LogP contribution in [0.1, 0.15) is 17.2 Å². The number of nitrogens with one attached hydrogen (secondary N) is 2. The van der Waals surface area contributed by atoms with Gasteiger partial charge in [0.2, 0.25) is 0 Å². The summed E-state index contributed by atoms with van der Waals surface area (Å²) < 4.78 is 18.1. The van der Waals surface area contributed by atoms with E-state index < -0.39 is 0 Å². The number of hydrogen-bond acceptors (Lipinski definition) is 7. The summed E-state index contributed by atoms with van der Waals surface area (Å²) in [4.78, 5) is 7.14. The highest BCUT2D eigenvalue weighted by Gasteiger charge is 2.11. The van der Waals surface area contributed by atoms with Crippen LogP contribution >= 0.6 is 24.0 Å². The van der Waals surface area contributed by atoms with Gasteiger partial charge in [-0.15, -0.1) is 34.2 Å². The Hall–Kier alpha value is -2.12. The maximum absolute atomic E-state index is 5.42. The minimum Gasteiger partial charge on any atom is -0.493 e. The van der Waals surface area contributed by atoms with Crippen LogP contribution in [-0.4, -0.2) is 79.2 Å². The van der Waals surface area contributed by atoms with E-state index in [0.717, 1.165) is 62.6 Å². The van der Waals surface area contributed by atoms with Gasteiger partial charge in [0, 0.05) is 33.2 Å². The summed E-state index contributed by atoms with van der Waals surface area (Å²) >= 11 is 0. The molecule has 11 heteroatoms. The second-order valence-electron chi connectivity index (χ2n) is 7.31. The standard InChI is InChI=1S/C21H33N7O3.HI/c1-16-25-26-20(27(16)2)15-24-21(22-7-8-28-9-11-31-12-10-28)23-14-17-5-6-18(29-3)19(13-17)30-4;/h5-6,13H,7-12,14-15H2,1-4H3,(H2,22,23,24);1H. The van der Waals surface area contributed by atoms with Gasteiger partial charge in [-0.3, -0.25) is 4.90 Å². The predicted molar refractivity (Wildman–Crippen MR) is 134 cm³/mol. The third-order valence-corrected chi connectivity index (χ3v) is 5.29. The lowest BCUT2D eigenvalue weighted by atomic mass is 10.2. The molecule has 0 bridgehead atoms. The molecule has 0 radical (unpaired) electrons. The number of aromatic nitrogens is 3. The molecule has 1 aromatic carbocycles. The maximum Gasteiger partial charge on any atom is 0.192 e. The van der Waals surface area contributed by atoms with Gasteiger partial charge in [-0.25, -0.2) is 4.99 Å². The molecule has 10 nitrogen and oxygen atoms in total. The minimum absolute atomic E-state index is 0. The Morgan fingerprint density at radius 1 is 1.12 bits per heavy atom. The van der Waals surface area contributed by atoms with Crippen molar-refractivity contribution in [2.75, 3.05) is 53.6 Å². The number of nitrogens with zero attached hydrogens (tertiary/aromatic N) is 5. The highest BCUT2D eigenvalue weighted by atomic mass is 127. The Bertz CT molecular complexity index is 869. The molecule has 0 atom stereocenters. The highest BCUT2D eigenvalue weighted by molar-refractivity contribution is 14.0. The van der Waals surface area contributed by atoms with Gasteiger partial charge in [-0.05, 0) is 24.6 Å². The Morgan fingerprint density at radius 3 is 2.53 bits per heavy atom. The van der Waals surface area contributed by atoms with E-state index in [2.05, 4.69) is 25.7 Å². The fraction of sp³-hybridized carbons (Fsp3) is 0.571. The zero-order valence-electron chi connectivity index (χ0n) is 19.3. The van der Waals surface area contributed by atoms with Gasteiger partial charge in [-0.2, -0.15) is 0 Å². The fourth-order valence-corrected chi connectivity index (χ4v) is 3.25. The third-order valence-electron chi connectivity index (χ3n) is 5.29. The molecule has 2 aromatic rings. The molecule has 0 unspecified atom stereocenters. The number of hydrogen-bond donors (Lipinski definition) is 2. The second kappa shape index (κ2) is 13.4. The van der Waals surface area contributed by atoms with E-state index in [1.165, 1.54) is 0 Å². The number of guanidine groups is 1. The van der Waals surface area contributed by atoms with Gasteiger partial charge in [-0.1, -0.05) is 6.07 Å². The monoisotopic (exact) mass is 559 g/mol. The van der Waals surface area contributed by atoms with Crippen LogP contribution in [-0.2, 0) is 24.9 Å². The summed E-state index contributed by atoms with van der Waals surface area (Å²) in [5.41, 5.74) is 1.03. The van der Waals surface area contributed by atoms with Gasteiger partial charge in [0.05, 0.1) is 40.5 Å². The number of rotatable bonds is 9. The first-order valence-corrected chi connectivity index (χ1v) is 10.5. The molecule has 3 rings (SSSR count). The molecule has 2 heterocycles. The lowest BCUT2D eigenvalue weighted by Crippen LogP contribution is -2.44. The molecular formula is C21H34IN7O3. The van der Waals surface area contributed by atoms with Crippen LogP contribution in [0.3, 0.4) is 0 Å². The SMILES string of the molecule is COc1ccc(CN=C(NCCN2CCOCC2)NCc2nnc(C)n2C)cc1OC.I. The molecule has 0 amide bonds. The van der Waals surface area contributed by atoms with Gasteiger partial charge in [0.25, 0.3) is 0 Å². The number of aryl methyl sites for hydroxylation is 1. The molecule has 1 fully saturated rings. The summed E-state index contributed by atoms with van der Waals surface area (Å²) in [5.74, 6) is 3.85. The zero-order valence-corrected chi connectivity index (χ0v) is 21.6. The number of aliphatic imine (C=N–C) groups is 1. The Morgan fingerprint density at radius 2 is 1.88 bits per heavy atom. The average Bonchev–Trinajstić information content (AvgIpc) is 3.13. The topological polar surface area (TPSA) is 98.1 Å². The first-order chi connectivity index (χ1) is 15.1. The largest absolute Gasteiger partial charge is 0.493 e. The van der Waals surface area contributed by atoms with Crippen LogP contribution in [0.2, 0.25) is 0 Å². The van der Waals surface area contributed by atoms with Gasteiger partial charge < -0.3 is 29.4 Å². The van der Waals surface area contributed by atoms with Crippen molar-refractivity contribution in [3.05, 3.63) is 35.4 Å². The van der Waals surface area contributed by atoms with E-state index in [-0.39, 0.29) is 24.0 Å². The van der Waals surface area contributed by atoms with Crippen molar-refractivity contribution in [3.63, 3.8) is 0 Å². The predicted octanol–water partition coefficient (Wildman–Crippen LogP) is 1.33. The molecule has 0 saturated carbocycles. The summed E-state index contributed by atoms with van der Waals surface area (Å²) in [6.45, 7) is 8.21. The van der Waals surface area contributed by atoms with E-state index in [1.807, 2.05) is 36.7 Å².